The van der Waals surface area contributed by atoms with E-state index in [4.69, 9.17) is 28.5 Å². The van der Waals surface area contributed by atoms with Crippen LogP contribution >= 0.6 is 23.2 Å². The van der Waals surface area contributed by atoms with E-state index in [2.05, 4.69) is 15.6 Å². The van der Waals surface area contributed by atoms with E-state index in [9.17, 15) is 9.59 Å². The van der Waals surface area contributed by atoms with Crippen LogP contribution in [0.4, 0.5) is 11.5 Å². The van der Waals surface area contributed by atoms with E-state index in [1.54, 1.807) is 0 Å². The zero-order valence-electron chi connectivity index (χ0n) is 10.9. The molecule has 8 heteroatoms. The van der Waals surface area contributed by atoms with Gasteiger partial charge in [-0.05, 0) is 30.3 Å². The van der Waals surface area contributed by atoms with E-state index >= 15 is 0 Å². The fourth-order valence-corrected chi connectivity index (χ4v) is 1.83. The number of benzene rings is 1. The summed E-state index contributed by atoms with van der Waals surface area (Å²) in [4.78, 5) is 27.3. The highest BCUT2D eigenvalue weighted by atomic mass is 35.5. The number of aromatic nitrogens is 1. The summed E-state index contributed by atoms with van der Waals surface area (Å²) in [6, 6.07) is 9.18. The van der Waals surface area contributed by atoms with E-state index in [1.807, 2.05) is 6.07 Å². The van der Waals surface area contributed by atoms with Crippen LogP contribution in [0, 0.1) is 11.3 Å². The molecule has 0 aliphatic rings. The highest BCUT2D eigenvalue weighted by Gasteiger charge is 2.15. The lowest BCUT2D eigenvalue weighted by molar-refractivity contribution is -0.133. The Kier molecular flexibility index (Phi) is 4.94. The Morgan fingerprint density at radius 3 is 2.41 bits per heavy atom. The van der Waals surface area contributed by atoms with E-state index in [0.717, 1.165) is 0 Å². The molecule has 0 aliphatic carbocycles. The first-order valence-corrected chi connectivity index (χ1v) is 6.68. The number of anilines is 2. The highest BCUT2D eigenvalue weighted by Crippen LogP contribution is 2.20. The number of halogens is 2. The lowest BCUT2D eigenvalue weighted by Crippen LogP contribution is -2.29. The topological polar surface area (TPSA) is 94.9 Å². The molecule has 0 saturated heterocycles. The predicted molar refractivity (Wildman–Crippen MR) is 82.7 cm³/mol. The van der Waals surface area contributed by atoms with Gasteiger partial charge in [-0.25, -0.2) is 4.98 Å². The average Bonchev–Trinajstić information content (AvgIpc) is 2.49. The molecule has 0 aliphatic heterocycles. The number of carbonyl (C=O) groups is 2. The van der Waals surface area contributed by atoms with Gasteiger partial charge in [0, 0.05) is 11.9 Å². The van der Waals surface area contributed by atoms with Gasteiger partial charge in [-0.1, -0.05) is 23.2 Å². The summed E-state index contributed by atoms with van der Waals surface area (Å²) in [5, 5.41) is 14.0. The third-order valence-corrected chi connectivity index (χ3v) is 3.06. The van der Waals surface area contributed by atoms with Gasteiger partial charge in [-0.3, -0.25) is 9.59 Å². The molecule has 0 fully saturated rings. The largest absolute Gasteiger partial charge is 0.318 e. The Bertz CT molecular complexity index is 769. The van der Waals surface area contributed by atoms with Crippen LogP contribution in [0.5, 0.6) is 0 Å². The van der Waals surface area contributed by atoms with Gasteiger partial charge in [-0.2, -0.15) is 5.26 Å². The molecule has 22 heavy (non-hydrogen) atoms. The summed E-state index contributed by atoms with van der Waals surface area (Å²) in [7, 11) is 0. The van der Waals surface area contributed by atoms with E-state index in [1.165, 1.54) is 36.5 Å². The summed E-state index contributed by atoms with van der Waals surface area (Å²) in [6.45, 7) is 0. The normalized spacial score (nSPS) is 9.68. The molecule has 1 heterocycles. The summed E-state index contributed by atoms with van der Waals surface area (Å²) >= 11 is 11.5. The van der Waals surface area contributed by atoms with Gasteiger partial charge in [-0.15, -0.1) is 0 Å². The molecule has 0 unspecified atom stereocenters. The molecular weight excluding hydrogens is 327 g/mol. The second-order valence-electron chi connectivity index (χ2n) is 4.08. The minimum absolute atomic E-state index is 0.181. The van der Waals surface area contributed by atoms with E-state index in [-0.39, 0.29) is 16.4 Å². The van der Waals surface area contributed by atoms with Crippen molar-refractivity contribution in [2.24, 2.45) is 0 Å². The molecule has 2 aromatic rings. The molecule has 0 bridgehead atoms. The minimum atomic E-state index is -0.893. The lowest BCUT2D eigenvalue weighted by Gasteiger charge is -2.06. The van der Waals surface area contributed by atoms with Crippen LogP contribution in [0.2, 0.25) is 10.0 Å². The molecule has 6 nitrogen and oxygen atoms in total. The molecule has 0 radical (unpaired) electrons. The maximum atomic E-state index is 11.8. The SMILES string of the molecule is N#Cc1ccc(NC(=O)C(=O)Nc2ccc(Cl)cn2)cc1Cl. The third-order valence-electron chi connectivity index (χ3n) is 2.52. The zero-order chi connectivity index (χ0) is 16.1. The van der Waals surface area contributed by atoms with Crippen molar-refractivity contribution in [3.63, 3.8) is 0 Å². The number of nitriles is 1. The summed E-state index contributed by atoms with van der Waals surface area (Å²) in [5.41, 5.74) is 0.572. The number of amides is 2. The first-order valence-electron chi connectivity index (χ1n) is 5.93. The van der Waals surface area contributed by atoms with Crippen LogP contribution in [0.25, 0.3) is 0 Å². The maximum absolute atomic E-state index is 11.8. The van der Waals surface area contributed by atoms with Gasteiger partial charge in [0.2, 0.25) is 0 Å². The molecular formula is C14H8Cl2N4O2. The monoisotopic (exact) mass is 334 g/mol. The molecule has 1 aromatic carbocycles. The number of carbonyl (C=O) groups excluding carboxylic acids is 2. The molecule has 2 rings (SSSR count). The van der Waals surface area contributed by atoms with Crippen molar-refractivity contribution >= 4 is 46.5 Å². The van der Waals surface area contributed by atoms with Crippen molar-refractivity contribution in [3.8, 4) is 6.07 Å². The van der Waals surface area contributed by atoms with Crippen molar-refractivity contribution in [1.82, 2.24) is 4.98 Å². The van der Waals surface area contributed by atoms with Crippen molar-refractivity contribution < 1.29 is 9.59 Å². The van der Waals surface area contributed by atoms with Crippen LogP contribution in [0.3, 0.4) is 0 Å². The smallest absolute Gasteiger partial charge is 0.315 e. The number of rotatable bonds is 2. The van der Waals surface area contributed by atoms with Crippen LogP contribution in [0.1, 0.15) is 5.56 Å². The van der Waals surface area contributed by atoms with Gasteiger partial charge < -0.3 is 10.6 Å². The molecule has 0 atom stereocenters. The van der Waals surface area contributed by atoms with Crippen LogP contribution in [-0.2, 0) is 9.59 Å². The highest BCUT2D eigenvalue weighted by molar-refractivity contribution is 6.43. The predicted octanol–water partition coefficient (Wildman–Crippen LogP) is 2.84. The van der Waals surface area contributed by atoms with Crippen molar-refractivity contribution in [2.75, 3.05) is 10.6 Å². The fourth-order valence-electron chi connectivity index (χ4n) is 1.49. The van der Waals surface area contributed by atoms with Gasteiger partial charge >= 0.3 is 11.8 Å². The van der Waals surface area contributed by atoms with E-state index in [0.29, 0.717) is 10.7 Å². The van der Waals surface area contributed by atoms with Crippen LogP contribution in [0.15, 0.2) is 36.5 Å². The molecule has 1 aromatic heterocycles. The molecule has 110 valence electrons. The van der Waals surface area contributed by atoms with Gasteiger partial charge in [0.05, 0.1) is 15.6 Å². The molecule has 0 spiro atoms. The minimum Gasteiger partial charge on any atom is -0.318 e. The van der Waals surface area contributed by atoms with Gasteiger partial charge in [0.25, 0.3) is 0 Å². The molecule has 2 N–H and O–H groups in total. The van der Waals surface area contributed by atoms with Crippen molar-refractivity contribution in [2.45, 2.75) is 0 Å². The summed E-state index contributed by atoms with van der Waals surface area (Å²) in [5.74, 6) is -1.59. The maximum Gasteiger partial charge on any atom is 0.315 e. The standard InChI is InChI=1S/C14H8Cl2N4O2/c15-9-2-4-12(18-7-9)20-14(22)13(21)19-10-3-1-8(6-17)11(16)5-10/h1-5,7H,(H,19,21)(H,18,20,22). The van der Waals surface area contributed by atoms with E-state index < -0.39 is 11.8 Å². The first kappa shape index (κ1) is 15.8. The Hall–Kier alpha value is -2.62. The summed E-state index contributed by atoms with van der Waals surface area (Å²) in [6.07, 6.45) is 1.34. The second kappa shape index (κ2) is 6.89. The number of hydrogen-bond donors (Lipinski definition) is 2. The Morgan fingerprint density at radius 1 is 1.09 bits per heavy atom. The lowest BCUT2D eigenvalue weighted by atomic mass is 10.2. The number of hydrogen-bond acceptors (Lipinski definition) is 4. The number of nitrogens with one attached hydrogen (secondary N) is 2. The number of pyridine rings is 1. The Balaban J connectivity index is 2.02. The quantitative estimate of drug-likeness (QED) is 0.825. The average molecular weight is 335 g/mol. The number of nitrogens with zero attached hydrogens (tertiary/aromatic N) is 2. The van der Waals surface area contributed by atoms with Gasteiger partial charge in [0.15, 0.2) is 0 Å². The first-order chi connectivity index (χ1) is 10.5. The van der Waals surface area contributed by atoms with Crippen LogP contribution in [-0.4, -0.2) is 16.8 Å². The molecule has 2 amide bonds. The molecule has 0 saturated carbocycles. The van der Waals surface area contributed by atoms with Crippen molar-refractivity contribution in [3.05, 3.63) is 52.1 Å². The Morgan fingerprint density at radius 2 is 1.82 bits per heavy atom. The fraction of sp³-hybridized carbons (Fsp3) is 0. The Labute approximate surface area is 135 Å². The zero-order valence-corrected chi connectivity index (χ0v) is 12.4. The third kappa shape index (κ3) is 3.95. The van der Waals surface area contributed by atoms with Gasteiger partial charge in [0.1, 0.15) is 11.9 Å². The summed E-state index contributed by atoms with van der Waals surface area (Å²) < 4.78 is 0. The second-order valence-corrected chi connectivity index (χ2v) is 4.92. The van der Waals surface area contributed by atoms with Crippen LogP contribution < -0.4 is 10.6 Å². The van der Waals surface area contributed by atoms with Crippen molar-refractivity contribution in [1.29, 1.82) is 5.26 Å².